The molecule has 1 aromatic carbocycles. The van der Waals surface area contributed by atoms with Crippen LogP contribution in [0.4, 0.5) is 5.82 Å². The lowest BCUT2D eigenvalue weighted by Crippen LogP contribution is -2.30. The third kappa shape index (κ3) is 6.82. The molecule has 0 bridgehead atoms. The summed E-state index contributed by atoms with van der Waals surface area (Å²) in [5.41, 5.74) is 0.992. The topological polar surface area (TPSA) is 59.1 Å². The number of hydrogen-bond donors (Lipinski definition) is 2. The van der Waals surface area contributed by atoms with Crippen LogP contribution in [0.1, 0.15) is 46.0 Å². The van der Waals surface area contributed by atoms with Crippen molar-refractivity contribution in [1.82, 2.24) is 15.3 Å². The third-order valence-corrected chi connectivity index (χ3v) is 4.88. The van der Waals surface area contributed by atoms with E-state index in [1.54, 1.807) is 6.33 Å². The van der Waals surface area contributed by atoms with Crippen molar-refractivity contribution in [2.45, 2.75) is 52.0 Å². The summed E-state index contributed by atoms with van der Waals surface area (Å²) in [5, 5.41) is 7.83. The van der Waals surface area contributed by atoms with Crippen LogP contribution in [0.2, 0.25) is 0 Å². The number of aromatic nitrogens is 2. The molecule has 26 heavy (non-hydrogen) atoms. The largest absolute Gasteiger partial charge is 0.379 e. The molecule has 0 unspecified atom stereocenters. The van der Waals surface area contributed by atoms with Gasteiger partial charge in [-0.3, -0.25) is 0 Å². The van der Waals surface area contributed by atoms with E-state index >= 15 is 0 Å². The average Bonchev–Trinajstić information content (AvgIpc) is 2.73. The van der Waals surface area contributed by atoms with E-state index in [9.17, 15) is 0 Å². The Labute approximate surface area is 165 Å². The first-order chi connectivity index (χ1) is 12.8. The zero-order valence-electron chi connectivity index (χ0n) is 15.9. The van der Waals surface area contributed by atoms with Gasteiger partial charge in [0.2, 0.25) is 0 Å². The first kappa shape index (κ1) is 21.1. The lowest BCUT2D eigenvalue weighted by atomic mass is 9.95. The van der Waals surface area contributed by atoms with Gasteiger partial charge in [0.15, 0.2) is 0 Å². The van der Waals surface area contributed by atoms with Crippen molar-refractivity contribution in [3.8, 4) is 0 Å². The van der Waals surface area contributed by atoms with Crippen LogP contribution in [0.5, 0.6) is 0 Å². The van der Waals surface area contributed by atoms with Crippen molar-refractivity contribution in [1.29, 1.82) is 0 Å². The number of hydrogen-bond acceptors (Lipinski definition) is 5. The van der Waals surface area contributed by atoms with E-state index < -0.39 is 0 Å². The Bertz CT molecular complexity index is 631. The van der Waals surface area contributed by atoms with Gasteiger partial charge in [0.05, 0.1) is 18.7 Å². The molecule has 2 heterocycles. The predicted octanol–water partition coefficient (Wildman–Crippen LogP) is 4.77. The van der Waals surface area contributed by atoms with Crippen molar-refractivity contribution in [2.75, 3.05) is 31.6 Å². The van der Waals surface area contributed by atoms with Gasteiger partial charge in [0.25, 0.3) is 0 Å². The highest BCUT2D eigenvalue weighted by Gasteiger charge is 2.14. The van der Waals surface area contributed by atoms with E-state index in [2.05, 4.69) is 42.6 Å². The number of anilines is 1. The van der Waals surface area contributed by atoms with E-state index in [1.165, 1.54) is 32.1 Å². The van der Waals surface area contributed by atoms with Crippen LogP contribution in [0, 0.1) is 0 Å². The van der Waals surface area contributed by atoms with Crippen molar-refractivity contribution in [2.24, 2.45) is 0 Å². The number of fused-ring (bicyclic) bond motifs is 1. The molecule has 6 heteroatoms. The highest BCUT2D eigenvalue weighted by atomic mass is 79.9. The summed E-state index contributed by atoms with van der Waals surface area (Å²) in [6.45, 7) is 7.83. The molecule has 0 amide bonds. The summed E-state index contributed by atoms with van der Waals surface area (Å²) in [6.07, 6.45) is 8.16. The molecule has 4 rings (SSSR count). The lowest BCUT2D eigenvalue weighted by Gasteiger charge is -2.23. The number of benzene rings is 1. The minimum atomic E-state index is 0.566. The van der Waals surface area contributed by atoms with E-state index in [-0.39, 0.29) is 0 Å². The first-order valence-electron chi connectivity index (χ1n) is 9.78. The monoisotopic (exact) mass is 422 g/mol. The van der Waals surface area contributed by atoms with E-state index in [0.717, 1.165) is 47.5 Å². The van der Waals surface area contributed by atoms with Gasteiger partial charge < -0.3 is 15.4 Å². The molecule has 1 aromatic heterocycles. The van der Waals surface area contributed by atoms with Gasteiger partial charge in [-0.25, -0.2) is 9.97 Å². The molecule has 1 aliphatic heterocycles. The second kappa shape index (κ2) is 12.2. The Morgan fingerprint density at radius 3 is 2.42 bits per heavy atom. The van der Waals surface area contributed by atoms with Crippen LogP contribution in [0.15, 0.2) is 29.0 Å². The standard InChI is InChI=1S/C14H16BrN3.C4H9NO.C2H6/c15-10-6-7-13-12(8-10)14(17-9-16-13)18-11-4-2-1-3-5-11;1-3-6-4-2-5-1;1-2/h6-9,11H,1-5H2,(H,16,17,18);5H,1-4H2;1-2H3. The molecule has 0 atom stereocenters. The third-order valence-electron chi connectivity index (χ3n) is 4.39. The van der Waals surface area contributed by atoms with E-state index in [1.807, 2.05) is 26.0 Å². The zero-order valence-corrected chi connectivity index (χ0v) is 17.5. The molecule has 2 aliphatic rings. The minimum absolute atomic E-state index is 0.566. The number of nitrogens with one attached hydrogen (secondary N) is 2. The summed E-state index contributed by atoms with van der Waals surface area (Å²) in [5.74, 6) is 0.966. The fourth-order valence-corrected chi connectivity index (χ4v) is 3.46. The van der Waals surface area contributed by atoms with E-state index in [0.29, 0.717) is 6.04 Å². The van der Waals surface area contributed by atoms with Crippen LogP contribution in [-0.4, -0.2) is 42.3 Å². The predicted molar refractivity (Wildman–Crippen MR) is 113 cm³/mol. The average molecular weight is 423 g/mol. The number of ether oxygens (including phenoxy) is 1. The normalized spacial score (nSPS) is 17.5. The summed E-state index contributed by atoms with van der Waals surface area (Å²) < 4.78 is 6.07. The Hall–Kier alpha value is -1.24. The quantitative estimate of drug-likeness (QED) is 0.729. The van der Waals surface area contributed by atoms with Gasteiger partial charge in [-0.2, -0.15) is 0 Å². The Kier molecular flexibility index (Phi) is 9.89. The fraction of sp³-hybridized carbons (Fsp3) is 0.600. The van der Waals surface area contributed by atoms with Crippen molar-refractivity contribution < 1.29 is 4.74 Å². The maximum absolute atomic E-state index is 5.01. The van der Waals surface area contributed by atoms with Gasteiger partial charge in [-0.1, -0.05) is 49.0 Å². The number of rotatable bonds is 2. The molecule has 144 valence electrons. The van der Waals surface area contributed by atoms with Gasteiger partial charge >= 0.3 is 0 Å². The molecule has 2 N–H and O–H groups in total. The molecule has 0 radical (unpaired) electrons. The first-order valence-corrected chi connectivity index (χ1v) is 10.6. The van der Waals surface area contributed by atoms with Crippen molar-refractivity contribution in [3.63, 3.8) is 0 Å². The highest BCUT2D eigenvalue weighted by molar-refractivity contribution is 9.10. The van der Waals surface area contributed by atoms with E-state index in [4.69, 9.17) is 4.74 Å². The zero-order chi connectivity index (χ0) is 18.6. The summed E-state index contributed by atoms with van der Waals surface area (Å²) >= 11 is 3.51. The minimum Gasteiger partial charge on any atom is -0.379 e. The van der Waals surface area contributed by atoms with Crippen molar-refractivity contribution >= 4 is 32.7 Å². The number of morpholine rings is 1. The van der Waals surface area contributed by atoms with Crippen LogP contribution in [0.25, 0.3) is 10.9 Å². The van der Waals surface area contributed by atoms with Gasteiger partial charge in [0, 0.05) is 29.0 Å². The summed E-state index contributed by atoms with van der Waals surface area (Å²) in [7, 11) is 0. The van der Waals surface area contributed by atoms with Crippen LogP contribution in [-0.2, 0) is 4.74 Å². The van der Waals surface area contributed by atoms with Crippen LogP contribution >= 0.6 is 15.9 Å². The molecule has 5 nitrogen and oxygen atoms in total. The lowest BCUT2D eigenvalue weighted by molar-refractivity contribution is 0.109. The van der Waals surface area contributed by atoms with Gasteiger partial charge in [0.1, 0.15) is 12.1 Å². The Morgan fingerprint density at radius 1 is 1.08 bits per heavy atom. The maximum Gasteiger partial charge on any atom is 0.137 e. The van der Waals surface area contributed by atoms with Gasteiger partial charge in [-0.15, -0.1) is 0 Å². The SMILES string of the molecule is Brc1ccc2ncnc(NC3CCCCC3)c2c1.C1COCCN1.CC. The highest BCUT2D eigenvalue weighted by Crippen LogP contribution is 2.26. The molecular formula is C20H31BrN4O. The molecule has 0 spiro atoms. The molecule has 1 saturated carbocycles. The maximum atomic E-state index is 5.01. The fourth-order valence-electron chi connectivity index (χ4n) is 3.10. The Morgan fingerprint density at radius 2 is 1.81 bits per heavy atom. The number of nitrogens with zero attached hydrogens (tertiary/aromatic N) is 2. The second-order valence-corrected chi connectivity index (χ2v) is 7.14. The van der Waals surface area contributed by atoms with Gasteiger partial charge in [-0.05, 0) is 31.0 Å². The molecular weight excluding hydrogens is 392 g/mol. The van der Waals surface area contributed by atoms with Crippen LogP contribution < -0.4 is 10.6 Å². The molecule has 2 fully saturated rings. The van der Waals surface area contributed by atoms with Crippen LogP contribution in [0.3, 0.4) is 0 Å². The Balaban J connectivity index is 0.000000256. The smallest absolute Gasteiger partial charge is 0.137 e. The molecule has 1 saturated heterocycles. The molecule has 1 aliphatic carbocycles. The second-order valence-electron chi connectivity index (χ2n) is 6.23. The van der Waals surface area contributed by atoms with Crippen molar-refractivity contribution in [3.05, 3.63) is 29.0 Å². The number of halogens is 1. The summed E-state index contributed by atoms with van der Waals surface area (Å²) in [4.78, 5) is 8.70. The summed E-state index contributed by atoms with van der Waals surface area (Å²) in [6, 6.07) is 6.68. The molecule has 2 aromatic rings.